The maximum absolute atomic E-state index is 12.1. The molecule has 122 valence electrons. The van der Waals surface area contributed by atoms with Crippen molar-refractivity contribution in [2.75, 3.05) is 20.3 Å². The minimum atomic E-state index is -0.393. The number of carbonyl (C=O) groups excluding carboxylic acids is 1. The topological polar surface area (TPSA) is 57.1 Å². The first kappa shape index (κ1) is 15.7. The van der Waals surface area contributed by atoms with Gasteiger partial charge in [0.05, 0.1) is 7.11 Å². The SMILES string of the molecule is CCc1ccc(OC)c(/C=C2/N=C(C3CCOCC3)OC2=O)c1. The van der Waals surface area contributed by atoms with E-state index in [4.69, 9.17) is 14.2 Å². The van der Waals surface area contributed by atoms with Gasteiger partial charge in [-0.3, -0.25) is 0 Å². The highest BCUT2D eigenvalue weighted by molar-refractivity contribution is 6.08. The van der Waals surface area contributed by atoms with Crippen LogP contribution in [0, 0.1) is 5.92 Å². The Morgan fingerprint density at radius 1 is 1.35 bits per heavy atom. The van der Waals surface area contributed by atoms with E-state index in [9.17, 15) is 4.79 Å². The Morgan fingerprint density at radius 3 is 2.83 bits per heavy atom. The molecule has 0 aliphatic carbocycles. The molecule has 1 aromatic rings. The van der Waals surface area contributed by atoms with Crippen LogP contribution in [0.3, 0.4) is 0 Å². The number of hydrogen-bond donors (Lipinski definition) is 0. The predicted molar refractivity (Wildman–Crippen MR) is 87.4 cm³/mol. The van der Waals surface area contributed by atoms with Gasteiger partial charge in [-0.15, -0.1) is 0 Å². The van der Waals surface area contributed by atoms with Gasteiger partial charge >= 0.3 is 5.97 Å². The summed E-state index contributed by atoms with van der Waals surface area (Å²) in [5.74, 6) is 1.02. The third-order valence-corrected chi connectivity index (χ3v) is 4.20. The van der Waals surface area contributed by atoms with Crippen LogP contribution in [0.4, 0.5) is 0 Å². The second-order valence-corrected chi connectivity index (χ2v) is 5.69. The Balaban J connectivity index is 1.89. The summed E-state index contributed by atoms with van der Waals surface area (Å²) >= 11 is 0. The van der Waals surface area contributed by atoms with Gasteiger partial charge in [0, 0.05) is 24.7 Å². The molecule has 0 atom stereocenters. The van der Waals surface area contributed by atoms with E-state index < -0.39 is 5.97 Å². The van der Waals surface area contributed by atoms with Crippen LogP contribution < -0.4 is 4.74 Å². The molecule has 0 N–H and O–H groups in total. The molecule has 1 saturated heterocycles. The molecular formula is C18H21NO4. The van der Waals surface area contributed by atoms with Crippen LogP contribution in [-0.2, 0) is 20.7 Å². The Bertz CT molecular complexity index is 657. The summed E-state index contributed by atoms with van der Waals surface area (Å²) in [6, 6.07) is 5.94. The van der Waals surface area contributed by atoms with E-state index in [1.54, 1.807) is 13.2 Å². The molecule has 5 nitrogen and oxygen atoms in total. The van der Waals surface area contributed by atoms with Crippen LogP contribution in [0.25, 0.3) is 6.08 Å². The summed E-state index contributed by atoms with van der Waals surface area (Å²) in [5.41, 5.74) is 2.35. The van der Waals surface area contributed by atoms with Crippen LogP contribution in [0.2, 0.25) is 0 Å². The van der Waals surface area contributed by atoms with Gasteiger partial charge in [-0.1, -0.05) is 13.0 Å². The molecule has 0 amide bonds. The van der Waals surface area contributed by atoms with Crippen molar-refractivity contribution in [1.82, 2.24) is 0 Å². The van der Waals surface area contributed by atoms with E-state index in [2.05, 4.69) is 11.9 Å². The van der Waals surface area contributed by atoms with Gasteiger partial charge in [-0.2, -0.15) is 0 Å². The third kappa shape index (κ3) is 3.45. The van der Waals surface area contributed by atoms with Crippen molar-refractivity contribution in [2.45, 2.75) is 26.2 Å². The van der Waals surface area contributed by atoms with E-state index >= 15 is 0 Å². The molecule has 0 aromatic heterocycles. The van der Waals surface area contributed by atoms with E-state index in [0.717, 1.165) is 30.6 Å². The zero-order valence-electron chi connectivity index (χ0n) is 13.5. The average Bonchev–Trinajstić information content (AvgIpc) is 2.96. The first-order valence-electron chi connectivity index (χ1n) is 7.98. The molecule has 1 aromatic carbocycles. The maximum Gasteiger partial charge on any atom is 0.363 e. The van der Waals surface area contributed by atoms with E-state index in [1.807, 2.05) is 18.2 Å². The minimum Gasteiger partial charge on any atom is -0.496 e. The largest absolute Gasteiger partial charge is 0.496 e. The van der Waals surface area contributed by atoms with E-state index in [-0.39, 0.29) is 5.92 Å². The average molecular weight is 315 g/mol. The highest BCUT2D eigenvalue weighted by Gasteiger charge is 2.30. The summed E-state index contributed by atoms with van der Waals surface area (Å²) in [5, 5.41) is 0. The normalized spacial score (nSPS) is 20.5. The van der Waals surface area contributed by atoms with Gasteiger partial charge in [0.2, 0.25) is 5.90 Å². The van der Waals surface area contributed by atoms with E-state index in [1.165, 1.54) is 5.56 Å². The quantitative estimate of drug-likeness (QED) is 0.633. The fourth-order valence-corrected chi connectivity index (χ4v) is 2.81. The zero-order chi connectivity index (χ0) is 16.2. The van der Waals surface area contributed by atoms with Gasteiger partial charge in [0.1, 0.15) is 5.75 Å². The monoisotopic (exact) mass is 315 g/mol. The number of benzene rings is 1. The summed E-state index contributed by atoms with van der Waals surface area (Å²) in [7, 11) is 1.62. The number of methoxy groups -OCH3 is 1. The minimum absolute atomic E-state index is 0.169. The van der Waals surface area contributed by atoms with Crippen LogP contribution in [0.1, 0.15) is 30.9 Å². The van der Waals surface area contributed by atoms with Crippen molar-refractivity contribution in [3.63, 3.8) is 0 Å². The molecular weight excluding hydrogens is 294 g/mol. The van der Waals surface area contributed by atoms with Crippen LogP contribution in [0.5, 0.6) is 5.75 Å². The van der Waals surface area contributed by atoms with Crippen molar-refractivity contribution in [2.24, 2.45) is 10.9 Å². The number of ether oxygens (including phenoxy) is 3. The standard InChI is InChI=1S/C18H21NO4/c1-3-12-4-5-16(21-2)14(10-12)11-15-18(20)23-17(19-15)13-6-8-22-9-7-13/h4-5,10-11,13H,3,6-9H2,1-2H3/b15-11+. The maximum atomic E-state index is 12.1. The lowest BCUT2D eigenvalue weighted by molar-refractivity contribution is -0.130. The molecule has 23 heavy (non-hydrogen) atoms. The number of carbonyl (C=O) groups is 1. The van der Waals surface area contributed by atoms with Crippen molar-refractivity contribution in [3.05, 3.63) is 35.0 Å². The second-order valence-electron chi connectivity index (χ2n) is 5.69. The number of nitrogens with zero attached hydrogens (tertiary/aromatic N) is 1. The fraction of sp³-hybridized carbons (Fsp3) is 0.444. The molecule has 2 aliphatic heterocycles. The molecule has 0 spiro atoms. The predicted octanol–water partition coefficient (Wildman–Crippen LogP) is 2.98. The van der Waals surface area contributed by atoms with Crippen LogP contribution >= 0.6 is 0 Å². The van der Waals surface area contributed by atoms with E-state index in [0.29, 0.717) is 24.8 Å². The number of aliphatic imine (C=N–C) groups is 1. The van der Waals surface area contributed by atoms with Gasteiger partial charge in [-0.25, -0.2) is 9.79 Å². The molecule has 0 radical (unpaired) electrons. The van der Waals surface area contributed by atoms with Gasteiger partial charge in [0.15, 0.2) is 5.70 Å². The highest BCUT2D eigenvalue weighted by Crippen LogP contribution is 2.28. The van der Waals surface area contributed by atoms with Gasteiger partial charge in [-0.05, 0) is 43.0 Å². The lowest BCUT2D eigenvalue weighted by Crippen LogP contribution is -2.24. The highest BCUT2D eigenvalue weighted by atomic mass is 16.6. The number of aryl methyl sites for hydroxylation is 1. The molecule has 2 aliphatic rings. The van der Waals surface area contributed by atoms with Crippen molar-refractivity contribution >= 4 is 17.9 Å². The molecule has 0 unspecified atom stereocenters. The summed E-state index contributed by atoms with van der Waals surface area (Å²) in [6.07, 6.45) is 4.34. The fourth-order valence-electron chi connectivity index (χ4n) is 2.81. The first-order chi connectivity index (χ1) is 11.2. The molecule has 0 bridgehead atoms. The van der Waals surface area contributed by atoms with Gasteiger partial charge in [0.25, 0.3) is 0 Å². The van der Waals surface area contributed by atoms with Crippen LogP contribution in [0.15, 0.2) is 28.9 Å². The van der Waals surface area contributed by atoms with Crippen molar-refractivity contribution in [1.29, 1.82) is 0 Å². The molecule has 1 fully saturated rings. The molecule has 0 saturated carbocycles. The van der Waals surface area contributed by atoms with Crippen molar-refractivity contribution < 1.29 is 19.0 Å². The number of cyclic esters (lactones) is 1. The lowest BCUT2D eigenvalue weighted by atomic mass is 10.0. The molecule has 3 rings (SSSR count). The second kappa shape index (κ2) is 6.96. The Kier molecular flexibility index (Phi) is 4.76. The summed E-state index contributed by atoms with van der Waals surface area (Å²) in [6.45, 7) is 3.46. The van der Waals surface area contributed by atoms with Crippen LogP contribution in [-0.4, -0.2) is 32.2 Å². The Morgan fingerprint density at radius 2 is 2.13 bits per heavy atom. The molecule has 5 heteroatoms. The van der Waals surface area contributed by atoms with Gasteiger partial charge < -0.3 is 14.2 Å². The van der Waals surface area contributed by atoms with Crippen molar-refractivity contribution in [3.8, 4) is 5.75 Å². The number of hydrogen-bond acceptors (Lipinski definition) is 5. The zero-order valence-corrected chi connectivity index (χ0v) is 13.5. The molecule has 2 heterocycles. The number of esters is 1. The smallest absolute Gasteiger partial charge is 0.363 e. The number of rotatable bonds is 4. The first-order valence-corrected chi connectivity index (χ1v) is 7.98. The summed E-state index contributed by atoms with van der Waals surface area (Å²) < 4.78 is 16.1. The third-order valence-electron chi connectivity index (χ3n) is 4.20. The Hall–Kier alpha value is -2.14. The summed E-state index contributed by atoms with van der Waals surface area (Å²) in [4.78, 5) is 16.5. The lowest BCUT2D eigenvalue weighted by Gasteiger charge is -2.20. The Labute approximate surface area is 136 Å².